The van der Waals surface area contributed by atoms with Crippen molar-refractivity contribution in [3.05, 3.63) is 126 Å². The zero-order chi connectivity index (χ0) is 33.2. The largest absolute Gasteiger partial charge is 0.497 e. The van der Waals surface area contributed by atoms with E-state index in [2.05, 4.69) is 5.32 Å². The molecule has 10 heteroatoms. The number of nitrogens with one attached hydrogen (secondary N) is 1. The molecule has 1 aliphatic rings. The highest BCUT2D eigenvalue weighted by molar-refractivity contribution is 7.92. The van der Waals surface area contributed by atoms with Gasteiger partial charge in [0.15, 0.2) is 0 Å². The maximum absolute atomic E-state index is 14.6. The lowest BCUT2D eigenvalue weighted by Gasteiger charge is -2.35. The Morgan fingerprint density at radius 2 is 1.51 bits per heavy atom. The van der Waals surface area contributed by atoms with Gasteiger partial charge in [-0.2, -0.15) is 0 Å². The van der Waals surface area contributed by atoms with E-state index in [4.69, 9.17) is 4.74 Å². The molecule has 0 spiro atoms. The third-order valence-electron chi connectivity index (χ3n) is 8.44. The number of hydrogen-bond donors (Lipinski definition) is 1. The number of methoxy groups -OCH3 is 1. The van der Waals surface area contributed by atoms with Crippen LogP contribution in [0.1, 0.15) is 43.2 Å². The summed E-state index contributed by atoms with van der Waals surface area (Å²) < 4.78 is 48.6. The number of carbonyl (C=O) groups excluding carboxylic acids is 2. The van der Waals surface area contributed by atoms with E-state index in [0.717, 1.165) is 42.0 Å². The van der Waals surface area contributed by atoms with Gasteiger partial charge in [-0.25, -0.2) is 12.8 Å². The molecule has 0 heterocycles. The summed E-state index contributed by atoms with van der Waals surface area (Å²) >= 11 is 0. The first-order valence-corrected chi connectivity index (χ1v) is 17.3. The van der Waals surface area contributed by atoms with Crippen molar-refractivity contribution in [2.45, 2.75) is 62.0 Å². The van der Waals surface area contributed by atoms with E-state index >= 15 is 0 Å². The summed E-state index contributed by atoms with van der Waals surface area (Å²) in [5, 5.41) is 3.18. The fraction of sp³-hybridized carbons (Fsp3) is 0.297. The molecule has 47 heavy (non-hydrogen) atoms. The van der Waals surface area contributed by atoms with Crippen LogP contribution in [0, 0.1) is 5.82 Å². The minimum Gasteiger partial charge on any atom is -0.497 e. The molecule has 1 N–H and O–H groups in total. The number of carbonyl (C=O) groups is 2. The Balaban J connectivity index is 1.56. The van der Waals surface area contributed by atoms with Crippen molar-refractivity contribution in [3.8, 4) is 5.75 Å². The molecule has 1 unspecified atom stereocenters. The topological polar surface area (TPSA) is 96.0 Å². The van der Waals surface area contributed by atoms with Crippen molar-refractivity contribution in [1.29, 1.82) is 0 Å². The zero-order valence-electron chi connectivity index (χ0n) is 26.4. The van der Waals surface area contributed by atoms with Crippen LogP contribution in [0.5, 0.6) is 5.75 Å². The van der Waals surface area contributed by atoms with E-state index in [1.165, 1.54) is 36.3 Å². The van der Waals surface area contributed by atoms with Gasteiger partial charge in [0.05, 0.1) is 17.7 Å². The molecule has 1 atom stereocenters. The number of nitrogens with zero attached hydrogens (tertiary/aromatic N) is 2. The highest BCUT2D eigenvalue weighted by Gasteiger charge is 2.35. The summed E-state index contributed by atoms with van der Waals surface area (Å²) in [5.74, 6) is -0.910. The standard InChI is InChI=1S/C37H40FN3O5S/c1-46-33-17-11-16-32(25-33)41(47(44,45)34-18-9-4-10-19-34)27-36(42)40(26-29-20-22-30(38)23-21-29)35(24-28-12-5-2-6-13-28)37(43)39-31-14-7-3-8-15-31/h2,4-6,9-13,16-23,25,31,35H,3,7-8,14-15,24,26-27H2,1H3,(H,39,43). The maximum Gasteiger partial charge on any atom is 0.264 e. The highest BCUT2D eigenvalue weighted by atomic mass is 32.2. The predicted molar refractivity (Wildman–Crippen MR) is 180 cm³/mol. The van der Waals surface area contributed by atoms with Crippen molar-refractivity contribution < 1.29 is 27.1 Å². The molecule has 1 saturated carbocycles. The van der Waals surface area contributed by atoms with E-state index in [-0.39, 0.29) is 35.5 Å². The summed E-state index contributed by atoms with van der Waals surface area (Å²) in [6.07, 6.45) is 5.06. The van der Waals surface area contributed by atoms with Gasteiger partial charge in [-0.15, -0.1) is 0 Å². The van der Waals surface area contributed by atoms with Gasteiger partial charge in [0.2, 0.25) is 11.8 Å². The van der Waals surface area contributed by atoms with E-state index in [1.807, 2.05) is 30.3 Å². The van der Waals surface area contributed by atoms with Gasteiger partial charge < -0.3 is 15.0 Å². The fourth-order valence-corrected chi connectivity index (χ4v) is 7.33. The normalized spacial score (nSPS) is 14.2. The number of amides is 2. The van der Waals surface area contributed by atoms with Gasteiger partial charge >= 0.3 is 0 Å². The molecule has 4 aromatic rings. The Bertz CT molecular complexity index is 1730. The average Bonchev–Trinajstić information content (AvgIpc) is 3.10. The third kappa shape index (κ3) is 8.77. The molecule has 1 aliphatic carbocycles. The second-order valence-electron chi connectivity index (χ2n) is 11.7. The minimum atomic E-state index is -4.23. The van der Waals surface area contributed by atoms with Crippen molar-refractivity contribution in [3.63, 3.8) is 0 Å². The number of anilines is 1. The summed E-state index contributed by atoms with van der Waals surface area (Å²) in [4.78, 5) is 30.2. The number of ether oxygens (including phenoxy) is 1. The van der Waals surface area contributed by atoms with Crippen LogP contribution < -0.4 is 14.4 Å². The van der Waals surface area contributed by atoms with E-state index in [9.17, 15) is 22.4 Å². The van der Waals surface area contributed by atoms with Gasteiger partial charge in [-0.1, -0.05) is 86.0 Å². The molecular formula is C37H40FN3O5S. The fourth-order valence-electron chi connectivity index (χ4n) is 5.90. The Hall–Kier alpha value is -4.70. The zero-order valence-corrected chi connectivity index (χ0v) is 27.2. The van der Waals surface area contributed by atoms with Gasteiger partial charge in [0, 0.05) is 25.1 Å². The number of benzene rings is 4. The molecule has 4 aromatic carbocycles. The Morgan fingerprint density at radius 3 is 2.17 bits per heavy atom. The van der Waals surface area contributed by atoms with Crippen LogP contribution in [-0.4, -0.2) is 50.9 Å². The first-order valence-electron chi connectivity index (χ1n) is 15.8. The first-order chi connectivity index (χ1) is 22.7. The second-order valence-corrected chi connectivity index (χ2v) is 13.6. The SMILES string of the molecule is COc1cccc(N(CC(=O)N(Cc2ccc(F)cc2)C(Cc2ccccc2)C(=O)NC2CCCCC2)S(=O)(=O)c2ccccc2)c1. The molecule has 0 aromatic heterocycles. The Kier molecular flexibility index (Phi) is 11.3. The van der Waals surface area contributed by atoms with Crippen LogP contribution in [0.3, 0.4) is 0 Å². The Morgan fingerprint density at radius 1 is 0.851 bits per heavy atom. The lowest BCUT2D eigenvalue weighted by molar-refractivity contribution is -0.140. The average molecular weight is 658 g/mol. The molecule has 8 nitrogen and oxygen atoms in total. The number of sulfonamides is 1. The van der Waals surface area contributed by atoms with Gasteiger partial charge in [0.1, 0.15) is 24.2 Å². The maximum atomic E-state index is 14.6. The molecule has 2 amide bonds. The molecule has 0 radical (unpaired) electrons. The minimum absolute atomic E-state index is 0.0102. The van der Waals surface area contributed by atoms with Crippen LogP contribution in [0.15, 0.2) is 114 Å². The van der Waals surface area contributed by atoms with Gasteiger partial charge in [-0.05, 0) is 60.4 Å². The molecule has 0 saturated heterocycles. The predicted octanol–water partition coefficient (Wildman–Crippen LogP) is 6.12. The quantitative estimate of drug-likeness (QED) is 0.187. The van der Waals surface area contributed by atoms with Crippen molar-refractivity contribution >= 4 is 27.5 Å². The van der Waals surface area contributed by atoms with Crippen LogP contribution in [0.25, 0.3) is 0 Å². The lowest BCUT2D eigenvalue weighted by atomic mass is 9.94. The van der Waals surface area contributed by atoms with Crippen LogP contribution in [0.4, 0.5) is 10.1 Å². The Labute approximate surface area is 276 Å². The number of halogens is 1. The smallest absolute Gasteiger partial charge is 0.264 e. The monoisotopic (exact) mass is 657 g/mol. The lowest BCUT2D eigenvalue weighted by Crippen LogP contribution is -2.55. The molecule has 5 rings (SSSR count). The van der Waals surface area contributed by atoms with Crippen molar-refractivity contribution in [1.82, 2.24) is 10.2 Å². The highest BCUT2D eigenvalue weighted by Crippen LogP contribution is 2.28. The molecule has 0 aliphatic heterocycles. The van der Waals surface area contributed by atoms with Gasteiger partial charge in [-0.3, -0.25) is 13.9 Å². The second kappa shape index (κ2) is 15.7. The first kappa shape index (κ1) is 33.7. The molecule has 1 fully saturated rings. The summed E-state index contributed by atoms with van der Waals surface area (Å²) in [6.45, 7) is -0.625. The number of hydrogen-bond acceptors (Lipinski definition) is 5. The van der Waals surface area contributed by atoms with Crippen LogP contribution in [-0.2, 0) is 32.6 Å². The molecule has 0 bridgehead atoms. The van der Waals surface area contributed by atoms with Crippen molar-refractivity contribution in [2.75, 3.05) is 18.0 Å². The summed E-state index contributed by atoms with van der Waals surface area (Å²) in [7, 11) is -2.76. The van der Waals surface area contributed by atoms with E-state index < -0.39 is 34.3 Å². The van der Waals surface area contributed by atoms with Crippen LogP contribution in [0.2, 0.25) is 0 Å². The van der Waals surface area contributed by atoms with E-state index in [1.54, 1.807) is 54.6 Å². The summed E-state index contributed by atoms with van der Waals surface area (Å²) in [6, 6.07) is 28.5. The van der Waals surface area contributed by atoms with Gasteiger partial charge in [0.25, 0.3) is 10.0 Å². The molecular weight excluding hydrogens is 617 g/mol. The van der Waals surface area contributed by atoms with Crippen molar-refractivity contribution in [2.24, 2.45) is 0 Å². The molecule has 246 valence electrons. The van der Waals surface area contributed by atoms with Crippen LogP contribution >= 0.6 is 0 Å². The number of rotatable bonds is 13. The summed E-state index contributed by atoms with van der Waals surface area (Å²) in [5.41, 5.74) is 1.67. The third-order valence-corrected chi connectivity index (χ3v) is 10.2. The van der Waals surface area contributed by atoms with E-state index in [0.29, 0.717) is 11.3 Å².